The second-order valence-corrected chi connectivity index (χ2v) is 9.03. The van der Waals surface area contributed by atoms with Crippen molar-refractivity contribution in [3.63, 3.8) is 0 Å². The van der Waals surface area contributed by atoms with Crippen LogP contribution in [-0.2, 0) is 14.6 Å². The molecule has 0 bridgehead atoms. The van der Waals surface area contributed by atoms with Gasteiger partial charge in [0.1, 0.15) is 0 Å². The summed E-state index contributed by atoms with van der Waals surface area (Å²) in [5.41, 5.74) is -0.00944. The van der Waals surface area contributed by atoms with Gasteiger partial charge in [0.15, 0.2) is 9.84 Å². The van der Waals surface area contributed by atoms with Crippen LogP contribution in [0, 0.1) is 5.41 Å². The van der Waals surface area contributed by atoms with Gasteiger partial charge in [-0.3, -0.25) is 0 Å². The molecule has 1 rings (SSSR count). The minimum atomic E-state index is -2.96. The fraction of sp³-hybridized carbons (Fsp3) is 1.00. The Balaban J connectivity index is 2.64. The first-order valence-corrected chi connectivity index (χ1v) is 9.02. The van der Waals surface area contributed by atoms with Gasteiger partial charge in [0.05, 0.1) is 17.6 Å². The second-order valence-electron chi connectivity index (χ2n) is 6.36. The summed E-state index contributed by atoms with van der Waals surface area (Å²) >= 11 is 0. The summed E-state index contributed by atoms with van der Waals surface area (Å²) in [6, 6.07) is 0.417. The quantitative estimate of drug-likeness (QED) is 0.779. The van der Waals surface area contributed by atoms with Gasteiger partial charge < -0.3 is 10.1 Å². The zero-order valence-corrected chi connectivity index (χ0v) is 13.6. The summed E-state index contributed by atoms with van der Waals surface area (Å²) in [5.74, 6) is 0.272. The topological polar surface area (TPSA) is 55.4 Å². The highest BCUT2D eigenvalue weighted by Crippen LogP contribution is 2.32. The lowest BCUT2D eigenvalue weighted by Gasteiger charge is -2.38. The molecule has 0 aromatic rings. The average Bonchev–Trinajstić information content (AvgIpc) is 2.35. The predicted molar refractivity (Wildman–Crippen MR) is 79.2 cm³/mol. The van der Waals surface area contributed by atoms with Crippen LogP contribution in [0.3, 0.4) is 0 Å². The van der Waals surface area contributed by atoms with E-state index in [-0.39, 0.29) is 16.4 Å². The van der Waals surface area contributed by atoms with Gasteiger partial charge in [-0.2, -0.15) is 0 Å². The van der Waals surface area contributed by atoms with E-state index in [4.69, 9.17) is 4.74 Å². The lowest BCUT2D eigenvalue weighted by atomic mass is 9.80. The molecule has 1 heterocycles. The predicted octanol–water partition coefficient (Wildman–Crippen LogP) is 1.99. The number of nitrogens with one attached hydrogen (secondary N) is 1. The zero-order valence-electron chi connectivity index (χ0n) is 12.7. The molecular weight excluding hydrogens is 262 g/mol. The molecule has 0 radical (unpaired) electrons. The number of ether oxygens (including phenoxy) is 1. The number of hydrogen-bond donors (Lipinski definition) is 1. The molecule has 5 heteroatoms. The lowest BCUT2D eigenvalue weighted by Crippen LogP contribution is -2.44. The monoisotopic (exact) mass is 291 g/mol. The van der Waals surface area contributed by atoms with Gasteiger partial charge >= 0.3 is 0 Å². The summed E-state index contributed by atoms with van der Waals surface area (Å²) in [6.45, 7) is 10.1. The Labute approximate surface area is 118 Å². The van der Waals surface area contributed by atoms with E-state index in [1.54, 1.807) is 13.8 Å². The summed E-state index contributed by atoms with van der Waals surface area (Å²) in [6.07, 6.45) is 2.79. The Hall–Kier alpha value is -0.130. The molecule has 0 aromatic heterocycles. The largest absolute Gasteiger partial charge is 0.381 e. The Morgan fingerprint density at radius 2 is 1.95 bits per heavy atom. The molecule has 1 aliphatic rings. The molecule has 0 amide bonds. The molecule has 1 unspecified atom stereocenters. The van der Waals surface area contributed by atoms with E-state index < -0.39 is 9.84 Å². The molecule has 19 heavy (non-hydrogen) atoms. The molecule has 0 aliphatic carbocycles. The Bertz CT molecular complexity index is 357. The summed E-state index contributed by atoms with van der Waals surface area (Å²) < 4.78 is 29.6. The van der Waals surface area contributed by atoms with Gasteiger partial charge in [0.2, 0.25) is 0 Å². The van der Waals surface area contributed by atoms with Gasteiger partial charge in [-0.05, 0) is 33.1 Å². The third-order valence-electron chi connectivity index (χ3n) is 3.92. The molecule has 1 aliphatic heterocycles. The fourth-order valence-electron chi connectivity index (χ4n) is 2.35. The van der Waals surface area contributed by atoms with Crippen LogP contribution in [0.15, 0.2) is 0 Å². The van der Waals surface area contributed by atoms with Crippen LogP contribution in [0.2, 0.25) is 0 Å². The van der Waals surface area contributed by atoms with Crippen molar-refractivity contribution >= 4 is 9.84 Å². The molecule has 4 nitrogen and oxygen atoms in total. The molecule has 1 saturated heterocycles. The van der Waals surface area contributed by atoms with E-state index in [1.165, 1.54) is 0 Å². The van der Waals surface area contributed by atoms with E-state index in [2.05, 4.69) is 19.2 Å². The second kappa shape index (κ2) is 7.04. The molecule has 1 fully saturated rings. The Morgan fingerprint density at radius 1 is 1.26 bits per heavy atom. The fourth-order valence-corrected chi connectivity index (χ4v) is 3.54. The minimum absolute atomic E-state index is 0.00944. The number of sulfone groups is 1. The maximum atomic E-state index is 12.0. The highest BCUT2D eigenvalue weighted by molar-refractivity contribution is 7.91. The number of rotatable bonds is 7. The van der Waals surface area contributed by atoms with Crippen LogP contribution in [0.4, 0.5) is 0 Å². The molecule has 114 valence electrons. The van der Waals surface area contributed by atoms with E-state index in [0.717, 1.165) is 26.0 Å². The molecule has 1 N–H and O–H groups in total. The molecular formula is C14H29NO3S. The number of hydrogen-bond acceptors (Lipinski definition) is 4. The third kappa shape index (κ3) is 5.40. The highest BCUT2D eigenvalue weighted by Gasteiger charge is 2.34. The Morgan fingerprint density at radius 3 is 2.42 bits per heavy atom. The van der Waals surface area contributed by atoms with Crippen LogP contribution in [0.1, 0.15) is 47.0 Å². The van der Waals surface area contributed by atoms with E-state index >= 15 is 0 Å². The highest BCUT2D eigenvalue weighted by atomic mass is 32.2. The minimum Gasteiger partial charge on any atom is -0.381 e. The SMILES string of the molecule is CC(C)NCC1(CCS(=O)(=O)C(C)C)CCCOC1. The average molecular weight is 291 g/mol. The lowest BCUT2D eigenvalue weighted by molar-refractivity contribution is -0.00981. The first-order valence-electron chi connectivity index (χ1n) is 7.30. The van der Waals surface area contributed by atoms with Gasteiger partial charge in [-0.25, -0.2) is 8.42 Å². The smallest absolute Gasteiger partial charge is 0.152 e. The van der Waals surface area contributed by atoms with Gasteiger partial charge in [-0.1, -0.05) is 13.8 Å². The van der Waals surface area contributed by atoms with Crippen LogP contribution in [-0.4, -0.2) is 45.2 Å². The normalized spacial score (nSPS) is 25.2. The van der Waals surface area contributed by atoms with Crippen molar-refractivity contribution in [3.05, 3.63) is 0 Å². The van der Waals surface area contributed by atoms with Gasteiger partial charge in [-0.15, -0.1) is 0 Å². The summed E-state index contributed by atoms with van der Waals surface area (Å²) in [5, 5.41) is 3.16. The zero-order chi connectivity index (χ0) is 14.5. The van der Waals surface area contributed by atoms with Crippen molar-refractivity contribution in [1.82, 2.24) is 5.32 Å². The molecule has 1 atom stereocenters. The van der Waals surface area contributed by atoms with Gasteiger partial charge in [0, 0.05) is 24.6 Å². The van der Waals surface area contributed by atoms with E-state index in [0.29, 0.717) is 19.1 Å². The van der Waals surface area contributed by atoms with Crippen molar-refractivity contribution in [2.24, 2.45) is 5.41 Å². The van der Waals surface area contributed by atoms with Crippen molar-refractivity contribution in [3.8, 4) is 0 Å². The van der Waals surface area contributed by atoms with E-state index in [1.807, 2.05) is 0 Å². The first-order chi connectivity index (χ1) is 8.77. The van der Waals surface area contributed by atoms with Crippen LogP contribution in [0.25, 0.3) is 0 Å². The van der Waals surface area contributed by atoms with Crippen LogP contribution in [0.5, 0.6) is 0 Å². The summed E-state index contributed by atoms with van der Waals surface area (Å²) in [4.78, 5) is 0. The standard InChI is InChI=1S/C14H29NO3S/c1-12(2)15-10-14(6-5-8-18-11-14)7-9-19(16,17)13(3)4/h12-13,15H,5-11H2,1-4H3. The Kier molecular flexibility index (Phi) is 6.27. The van der Waals surface area contributed by atoms with E-state index in [9.17, 15) is 8.42 Å². The van der Waals surface area contributed by atoms with Crippen molar-refractivity contribution in [2.75, 3.05) is 25.5 Å². The van der Waals surface area contributed by atoms with Crippen LogP contribution < -0.4 is 5.32 Å². The van der Waals surface area contributed by atoms with Crippen molar-refractivity contribution in [2.45, 2.75) is 58.2 Å². The first kappa shape index (κ1) is 16.9. The molecule has 0 saturated carbocycles. The maximum absolute atomic E-state index is 12.0. The van der Waals surface area contributed by atoms with Crippen LogP contribution >= 0.6 is 0 Å². The molecule has 0 aromatic carbocycles. The maximum Gasteiger partial charge on any atom is 0.152 e. The molecule has 0 spiro atoms. The summed E-state index contributed by atoms with van der Waals surface area (Å²) in [7, 11) is -2.96. The van der Waals surface area contributed by atoms with Crippen molar-refractivity contribution < 1.29 is 13.2 Å². The van der Waals surface area contributed by atoms with Gasteiger partial charge in [0.25, 0.3) is 0 Å². The van der Waals surface area contributed by atoms with Crippen molar-refractivity contribution in [1.29, 1.82) is 0 Å². The third-order valence-corrected chi connectivity index (χ3v) is 6.13.